The number of hydrogen-bond acceptors (Lipinski definition) is 3. The molecule has 3 aromatic rings. The van der Waals surface area contributed by atoms with Gasteiger partial charge in [0.05, 0.1) is 0 Å². The summed E-state index contributed by atoms with van der Waals surface area (Å²) in [5.41, 5.74) is 1.81. The van der Waals surface area contributed by atoms with E-state index >= 15 is 0 Å². The van der Waals surface area contributed by atoms with Crippen LogP contribution in [0.4, 0.5) is 0 Å². The molecule has 1 unspecified atom stereocenters. The van der Waals surface area contributed by atoms with Gasteiger partial charge in [0.25, 0.3) is 0 Å². The molecule has 0 fully saturated rings. The molecule has 1 aromatic carbocycles. The number of aliphatic hydroxyl groups excluding tert-OH is 1. The Hall–Kier alpha value is -1.29. The van der Waals surface area contributed by atoms with Gasteiger partial charge in [0.1, 0.15) is 17.4 Å². The highest BCUT2D eigenvalue weighted by Gasteiger charge is 2.18. The van der Waals surface area contributed by atoms with E-state index in [4.69, 9.17) is 16.0 Å². The van der Waals surface area contributed by atoms with Gasteiger partial charge in [-0.25, -0.2) is 0 Å². The molecule has 0 aliphatic carbocycles. The van der Waals surface area contributed by atoms with E-state index in [2.05, 4.69) is 0 Å². The highest BCUT2D eigenvalue weighted by molar-refractivity contribution is 7.10. The molecular weight excluding hydrogens is 268 g/mol. The maximum Gasteiger partial charge on any atom is 0.146 e. The summed E-state index contributed by atoms with van der Waals surface area (Å²) in [5.74, 6) is 0.554. The monoisotopic (exact) mass is 278 g/mol. The summed E-state index contributed by atoms with van der Waals surface area (Å²) in [6.45, 7) is 1.98. The summed E-state index contributed by atoms with van der Waals surface area (Å²) in [5, 5.41) is 13.9. The van der Waals surface area contributed by atoms with Crippen LogP contribution < -0.4 is 0 Å². The lowest BCUT2D eigenvalue weighted by Gasteiger charge is -2.05. The molecule has 0 amide bonds. The summed E-state index contributed by atoms with van der Waals surface area (Å²) in [6, 6.07) is 9.25. The van der Waals surface area contributed by atoms with Crippen LogP contribution in [0.3, 0.4) is 0 Å². The molecular formula is C14H11ClO2S. The fraction of sp³-hybridized carbons (Fsp3) is 0.143. The van der Waals surface area contributed by atoms with Crippen molar-refractivity contribution in [1.29, 1.82) is 0 Å². The van der Waals surface area contributed by atoms with E-state index in [1.54, 1.807) is 6.07 Å². The summed E-state index contributed by atoms with van der Waals surface area (Å²) < 4.78 is 5.66. The molecule has 3 rings (SSSR count). The Labute approximate surface area is 113 Å². The van der Waals surface area contributed by atoms with Gasteiger partial charge in [-0.1, -0.05) is 11.6 Å². The smallest absolute Gasteiger partial charge is 0.146 e. The Morgan fingerprint density at radius 2 is 2.11 bits per heavy atom. The van der Waals surface area contributed by atoms with E-state index in [-0.39, 0.29) is 0 Å². The number of rotatable bonds is 2. The second-order valence-corrected chi connectivity index (χ2v) is 5.59. The minimum Gasteiger partial charge on any atom is -0.458 e. The van der Waals surface area contributed by atoms with E-state index in [9.17, 15) is 5.11 Å². The molecule has 1 atom stereocenters. The van der Waals surface area contributed by atoms with Crippen LogP contribution in [0.1, 0.15) is 22.3 Å². The number of aryl methyl sites for hydroxylation is 1. The maximum absolute atomic E-state index is 10.3. The third-order valence-electron chi connectivity index (χ3n) is 2.92. The predicted molar refractivity (Wildman–Crippen MR) is 74.3 cm³/mol. The first-order valence-electron chi connectivity index (χ1n) is 5.56. The average Bonchev–Trinajstić information content (AvgIpc) is 2.93. The van der Waals surface area contributed by atoms with Gasteiger partial charge in [-0.3, -0.25) is 0 Å². The highest BCUT2D eigenvalue weighted by atomic mass is 35.5. The first kappa shape index (κ1) is 11.8. The fourth-order valence-corrected chi connectivity index (χ4v) is 3.06. The van der Waals surface area contributed by atoms with E-state index < -0.39 is 6.10 Å². The van der Waals surface area contributed by atoms with Crippen molar-refractivity contribution >= 4 is 33.9 Å². The van der Waals surface area contributed by atoms with E-state index in [0.29, 0.717) is 10.8 Å². The van der Waals surface area contributed by atoms with Gasteiger partial charge in [-0.15, -0.1) is 11.3 Å². The second kappa shape index (κ2) is 4.43. The Morgan fingerprint density at radius 3 is 2.83 bits per heavy atom. The third kappa shape index (κ3) is 1.94. The van der Waals surface area contributed by atoms with Crippen molar-refractivity contribution in [1.82, 2.24) is 0 Å². The fourth-order valence-electron chi connectivity index (χ4n) is 1.96. The lowest BCUT2D eigenvalue weighted by molar-refractivity contribution is 0.195. The van der Waals surface area contributed by atoms with Gasteiger partial charge in [0.15, 0.2) is 0 Å². The Balaban J connectivity index is 2.07. The summed E-state index contributed by atoms with van der Waals surface area (Å²) >= 11 is 7.46. The molecule has 0 bridgehead atoms. The molecule has 2 aromatic heterocycles. The highest BCUT2D eigenvalue weighted by Crippen LogP contribution is 2.33. The maximum atomic E-state index is 10.3. The standard InChI is InChI=1S/C14H11ClO2S/c1-8-4-5-18-14(8)13(16)12-7-9-6-10(15)2-3-11(9)17-12/h2-7,13,16H,1H3. The Bertz CT molecular complexity index is 699. The number of halogens is 1. The van der Waals surface area contributed by atoms with Crippen molar-refractivity contribution in [2.75, 3.05) is 0 Å². The van der Waals surface area contributed by atoms with Gasteiger partial charge in [-0.2, -0.15) is 0 Å². The minimum atomic E-state index is -0.712. The van der Waals surface area contributed by atoms with Crippen molar-refractivity contribution in [3.63, 3.8) is 0 Å². The van der Waals surface area contributed by atoms with Crippen LogP contribution in [0.25, 0.3) is 11.0 Å². The van der Waals surface area contributed by atoms with Crippen LogP contribution in [0.5, 0.6) is 0 Å². The normalized spacial score (nSPS) is 13.1. The number of benzene rings is 1. The van der Waals surface area contributed by atoms with Crippen molar-refractivity contribution in [3.05, 3.63) is 56.9 Å². The molecule has 2 heterocycles. The molecule has 0 spiro atoms. The van der Waals surface area contributed by atoms with Gasteiger partial charge < -0.3 is 9.52 Å². The molecule has 0 aliphatic heterocycles. The summed E-state index contributed by atoms with van der Waals surface area (Å²) in [4.78, 5) is 0.917. The predicted octanol–water partition coefficient (Wildman–Crippen LogP) is 4.54. The van der Waals surface area contributed by atoms with Crippen LogP contribution in [0, 0.1) is 6.92 Å². The molecule has 2 nitrogen and oxygen atoms in total. The van der Waals surface area contributed by atoms with Crippen molar-refractivity contribution in [2.45, 2.75) is 13.0 Å². The summed E-state index contributed by atoms with van der Waals surface area (Å²) in [6.07, 6.45) is -0.712. The average molecular weight is 279 g/mol. The lowest BCUT2D eigenvalue weighted by atomic mass is 10.1. The first-order valence-corrected chi connectivity index (χ1v) is 6.82. The SMILES string of the molecule is Cc1ccsc1C(O)c1cc2cc(Cl)ccc2o1. The second-order valence-electron chi connectivity index (χ2n) is 4.20. The Kier molecular flexibility index (Phi) is 2.90. The molecule has 0 saturated carbocycles. The topological polar surface area (TPSA) is 33.4 Å². The number of hydrogen-bond donors (Lipinski definition) is 1. The molecule has 0 saturated heterocycles. The van der Waals surface area contributed by atoms with Crippen LogP contribution in [0.15, 0.2) is 40.1 Å². The van der Waals surface area contributed by atoms with E-state index in [1.807, 2.05) is 36.6 Å². The van der Waals surface area contributed by atoms with E-state index in [1.165, 1.54) is 11.3 Å². The minimum absolute atomic E-state index is 0.554. The Morgan fingerprint density at radius 1 is 1.28 bits per heavy atom. The third-order valence-corrected chi connectivity index (χ3v) is 4.22. The molecule has 0 aliphatic rings. The zero-order valence-corrected chi connectivity index (χ0v) is 11.3. The van der Waals surface area contributed by atoms with Gasteiger partial charge in [-0.05, 0) is 48.2 Å². The van der Waals surface area contributed by atoms with Crippen molar-refractivity contribution in [2.24, 2.45) is 0 Å². The number of furan rings is 1. The lowest BCUT2D eigenvalue weighted by Crippen LogP contribution is -1.96. The van der Waals surface area contributed by atoms with Gasteiger partial charge in [0, 0.05) is 15.3 Å². The largest absolute Gasteiger partial charge is 0.458 e. The first-order chi connectivity index (χ1) is 8.65. The molecule has 0 radical (unpaired) electrons. The molecule has 92 valence electrons. The van der Waals surface area contributed by atoms with Crippen LogP contribution >= 0.6 is 22.9 Å². The number of thiophene rings is 1. The molecule has 1 N–H and O–H groups in total. The zero-order valence-electron chi connectivity index (χ0n) is 9.68. The number of fused-ring (bicyclic) bond motifs is 1. The molecule has 18 heavy (non-hydrogen) atoms. The van der Waals surface area contributed by atoms with Crippen LogP contribution in [-0.4, -0.2) is 5.11 Å². The van der Waals surface area contributed by atoms with Crippen molar-refractivity contribution in [3.8, 4) is 0 Å². The quantitative estimate of drug-likeness (QED) is 0.747. The van der Waals surface area contributed by atoms with Gasteiger partial charge in [0.2, 0.25) is 0 Å². The summed E-state index contributed by atoms with van der Waals surface area (Å²) in [7, 11) is 0. The number of aliphatic hydroxyl groups is 1. The van der Waals surface area contributed by atoms with Gasteiger partial charge >= 0.3 is 0 Å². The van der Waals surface area contributed by atoms with Crippen molar-refractivity contribution < 1.29 is 9.52 Å². The zero-order chi connectivity index (χ0) is 12.7. The van der Waals surface area contributed by atoms with Crippen LogP contribution in [0.2, 0.25) is 5.02 Å². The molecule has 4 heteroatoms. The van der Waals surface area contributed by atoms with E-state index in [0.717, 1.165) is 21.4 Å². The van der Waals surface area contributed by atoms with Crippen LogP contribution in [-0.2, 0) is 0 Å².